The van der Waals surface area contributed by atoms with Crippen molar-refractivity contribution in [3.8, 4) is 5.75 Å². The molecule has 1 heterocycles. The van der Waals surface area contributed by atoms with Crippen LogP contribution in [0.3, 0.4) is 0 Å². The lowest BCUT2D eigenvalue weighted by Gasteiger charge is -2.17. The molecule has 0 radical (unpaired) electrons. The van der Waals surface area contributed by atoms with Crippen molar-refractivity contribution in [2.24, 2.45) is 0 Å². The summed E-state index contributed by atoms with van der Waals surface area (Å²) in [5, 5.41) is 4.82. The second-order valence-corrected chi connectivity index (χ2v) is 7.55. The minimum Gasteiger partial charge on any atom is -0.487 e. The van der Waals surface area contributed by atoms with Crippen LogP contribution in [0.15, 0.2) is 57.0 Å². The number of rotatable bonds is 4. The van der Waals surface area contributed by atoms with Gasteiger partial charge in [-0.25, -0.2) is 0 Å². The Labute approximate surface area is 172 Å². The van der Waals surface area contributed by atoms with Crippen LogP contribution in [-0.4, -0.2) is 16.9 Å². The van der Waals surface area contributed by atoms with Gasteiger partial charge in [0.2, 0.25) is 0 Å². The maximum Gasteiger partial charge on any atom is 0.263 e. The average molecular weight is 496 g/mol. The maximum atomic E-state index is 12.1. The molecule has 0 saturated carbocycles. The third-order valence-electron chi connectivity index (χ3n) is 3.51. The first-order valence-corrected chi connectivity index (χ1v) is 9.47. The molecule has 0 bridgehead atoms. The number of halogens is 2. The molecule has 1 aliphatic heterocycles. The van der Waals surface area contributed by atoms with Gasteiger partial charge >= 0.3 is 0 Å². The molecule has 0 aromatic heterocycles. The lowest BCUT2D eigenvalue weighted by Crippen LogP contribution is -2.51. The summed E-state index contributed by atoms with van der Waals surface area (Å²) >= 11 is 11.7. The first-order valence-electron chi connectivity index (χ1n) is 7.48. The number of hydrogen-bond acceptors (Lipinski definition) is 4. The van der Waals surface area contributed by atoms with Crippen LogP contribution in [0.4, 0.5) is 0 Å². The van der Waals surface area contributed by atoms with Crippen LogP contribution in [0.5, 0.6) is 5.75 Å². The summed E-state index contributed by atoms with van der Waals surface area (Å²) in [6.45, 7) is 0.347. The zero-order valence-corrected chi connectivity index (χ0v) is 17.2. The van der Waals surface area contributed by atoms with E-state index in [4.69, 9.17) is 17.0 Å². The molecule has 8 heteroatoms. The second kappa shape index (κ2) is 8.11. The van der Waals surface area contributed by atoms with Gasteiger partial charge in [0.05, 0.1) is 4.47 Å². The lowest BCUT2D eigenvalue weighted by atomic mass is 10.1. The molecule has 26 heavy (non-hydrogen) atoms. The minimum absolute atomic E-state index is 0.00637. The second-order valence-electron chi connectivity index (χ2n) is 5.38. The third-order valence-corrected chi connectivity index (χ3v) is 4.76. The van der Waals surface area contributed by atoms with Crippen molar-refractivity contribution in [2.75, 3.05) is 0 Å². The van der Waals surface area contributed by atoms with E-state index < -0.39 is 11.8 Å². The summed E-state index contributed by atoms with van der Waals surface area (Å²) in [7, 11) is 0. The number of carbonyl (C=O) groups excluding carboxylic acids is 2. The minimum atomic E-state index is -0.552. The van der Waals surface area contributed by atoms with Crippen LogP contribution in [0.2, 0.25) is 0 Å². The fourth-order valence-corrected chi connectivity index (χ4v) is 3.89. The SMILES string of the molecule is O=C1NC(=S)NC(=O)C1=Cc1cc(Br)cc(Br)c1OCc1ccccc1. The van der Waals surface area contributed by atoms with Gasteiger partial charge < -0.3 is 4.74 Å². The van der Waals surface area contributed by atoms with Crippen molar-refractivity contribution in [3.63, 3.8) is 0 Å². The van der Waals surface area contributed by atoms with Crippen molar-refractivity contribution in [1.29, 1.82) is 0 Å². The molecule has 0 aliphatic carbocycles. The molecule has 5 nitrogen and oxygen atoms in total. The van der Waals surface area contributed by atoms with E-state index in [2.05, 4.69) is 42.5 Å². The number of nitrogens with one attached hydrogen (secondary N) is 2. The Balaban J connectivity index is 1.96. The summed E-state index contributed by atoms with van der Waals surface area (Å²) in [4.78, 5) is 24.2. The van der Waals surface area contributed by atoms with E-state index >= 15 is 0 Å². The van der Waals surface area contributed by atoms with Gasteiger partial charge in [0, 0.05) is 10.0 Å². The predicted molar refractivity (Wildman–Crippen MR) is 109 cm³/mol. The average Bonchev–Trinajstić information content (AvgIpc) is 2.58. The highest BCUT2D eigenvalue weighted by atomic mass is 79.9. The first-order chi connectivity index (χ1) is 12.4. The summed E-state index contributed by atoms with van der Waals surface area (Å²) in [6.07, 6.45) is 1.47. The van der Waals surface area contributed by atoms with E-state index in [0.29, 0.717) is 22.4 Å². The van der Waals surface area contributed by atoms with Gasteiger partial charge in [-0.15, -0.1) is 0 Å². The number of benzene rings is 2. The van der Waals surface area contributed by atoms with Gasteiger partial charge in [-0.3, -0.25) is 20.2 Å². The summed E-state index contributed by atoms with van der Waals surface area (Å²) in [5.41, 5.74) is 1.53. The number of thiocarbonyl (C=S) groups is 1. The molecule has 0 unspecified atom stereocenters. The van der Waals surface area contributed by atoms with Gasteiger partial charge in [0.15, 0.2) is 5.11 Å². The highest BCUT2D eigenvalue weighted by Crippen LogP contribution is 2.35. The number of hydrogen-bond donors (Lipinski definition) is 2. The van der Waals surface area contributed by atoms with Crippen molar-refractivity contribution in [3.05, 3.63) is 68.1 Å². The zero-order valence-electron chi connectivity index (χ0n) is 13.2. The number of carbonyl (C=O) groups is 2. The van der Waals surface area contributed by atoms with Crippen molar-refractivity contribution < 1.29 is 14.3 Å². The number of ether oxygens (including phenoxy) is 1. The van der Waals surface area contributed by atoms with Gasteiger partial charge in [-0.2, -0.15) is 0 Å². The summed E-state index contributed by atoms with van der Waals surface area (Å²) in [6, 6.07) is 13.3. The first kappa shape index (κ1) is 18.8. The molecule has 2 aromatic carbocycles. The van der Waals surface area contributed by atoms with E-state index in [1.54, 1.807) is 6.07 Å². The van der Waals surface area contributed by atoms with E-state index in [0.717, 1.165) is 10.0 Å². The zero-order chi connectivity index (χ0) is 18.7. The van der Waals surface area contributed by atoms with Gasteiger partial charge in [-0.05, 0) is 51.9 Å². The molecule has 1 aliphatic rings. The normalized spacial score (nSPS) is 13.9. The Bertz CT molecular complexity index is 908. The highest BCUT2D eigenvalue weighted by Gasteiger charge is 2.26. The molecule has 2 aromatic rings. The van der Waals surface area contributed by atoms with Crippen molar-refractivity contribution in [2.45, 2.75) is 6.61 Å². The summed E-state index contributed by atoms with van der Waals surface area (Å²) in [5.74, 6) is -0.578. The van der Waals surface area contributed by atoms with Crippen molar-refractivity contribution in [1.82, 2.24) is 10.6 Å². The van der Waals surface area contributed by atoms with E-state index in [9.17, 15) is 9.59 Å². The van der Waals surface area contributed by atoms with Crippen LogP contribution in [0.25, 0.3) is 6.08 Å². The van der Waals surface area contributed by atoms with E-state index in [1.165, 1.54) is 6.08 Å². The topological polar surface area (TPSA) is 67.4 Å². The maximum absolute atomic E-state index is 12.1. The fourth-order valence-electron chi connectivity index (χ4n) is 2.33. The smallest absolute Gasteiger partial charge is 0.263 e. The molecule has 2 amide bonds. The molecule has 3 rings (SSSR count). The highest BCUT2D eigenvalue weighted by molar-refractivity contribution is 9.11. The van der Waals surface area contributed by atoms with Crippen LogP contribution in [0, 0.1) is 0 Å². The van der Waals surface area contributed by atoms with Gasteiger partial charge in [0.1, 0.15) is 17.9 Å². The summed E-state index contributed by atoms with van der Waals surface area (Å²) < 4.78 is 7.41. The predicted octanol–water partition coefficient (Wildman–Crippen LogP) is 3.70. The van der Waals surface area contributed by atoms with E-state index in [1.807, 2.05) is 36.4 Å². The Morgan fingerprint density at radius 1 is 1.04 bits per heavy atom. The Kier molecular flexibility index (Phi) is 5.85. The Morgan fingerprint density at radius 2 is 1.69 bits per heavy atom. The standard InChI is InChI=1S/C18H12Br2N2O3S/c19-12-6-11(7-13-16(23)21-18(26)22-17(13)24)15(14(20)8-12)25-9-10-4-2-1-3-5-10/h1-8H,9H2,(H2,21,22,23,24,26). The monoisotopic (exact) mass is 494 g/mol. The molecule has 1 saturated heterocycles. The Hall–Kier alpha value is -2.03. The van der Waals surface area contributed by atoms with Crippen LogP contribution in [0.1, 0.15) is 11.1 Å². The van der Waals surface area contributed by atoms with E-state index in [-0.39, 0.29) is 10.7 Å². The van der Waals surface area contributed by atoms with Crippen LogP contribution < -0.4 is 15.4 Å². The molecular formula is C18H12Br2N2O3S. The molecule has 0 spiro atoms. The fraction of sp³-hybridized carbons (Fsp3) is 0.0556. The molecule has 2 N–H and O–H groups in total. The molecule has 0 atom stereocenters. The van der Waals surface area contributed by atoms with Gasteiger partial charge in [-0.1, -0.05) is 46.3 Å². The van der Waals surface area contributed by atoms with Crippen LogP contribution >= 0.6 is 44.1 Å². The molecule has 1 fully saturated rings. The quantitative estimate of drug-likeness (QED) is 0.385. The molecular weight excluding hydrogens is 484 g/mol. The molecule has 132 valence electrons. The van der Waals surface area contributed by atoms with Gasteiger partial charge in [0.25, 0.3) is 11.8 Å². The van der Waals surface area contributed by atoms with Crippen molar-refractivity contribution >= 4 is 67.1 Å². The third kappa shape index (κ3) is 4.38. The van der Waals surface area contributed by atoms with Crippen LogP contribution in [-0.2, 0) is 16.2 Å². The number of amides is 2. The Morgan fingerprint density at radius 3 is 2.35 bits per heavy atom. The largest absolute Gasteiger partial charge is 0.487 e. The lowest BCUT2D eigenvalue weighted by molar-refractivity contribution is -0.123.